The van der Waals surface area contributed by atoms with Crippen molar-refractivity contribution in [3.63, 3.8) is 0 Å². The van der Waals surface area contributed by atoms with Crippen LogP contribution in [0.1, 0.15) is 23.6 Å². The number of methoxy groups -OCH3 is 1. The van der Waals surface area contributed by atoms with Gasteiger partial charge in [0.1, 0.15) is 11.5 Å². The number of hydrogen-bond donors (Lipinski definition) is 1. The van der Waals surface area contributed by atoms with E-state index in [1.807, 2.05) is 18.4 Å². The largest absolute Gasteiger partial charge is 0.469 e. The third kappa shape index (κ3) is 4.06. The number of carbonyl (C=O) groups is 1. The van der Waals surface area contributed by atoms with Crippen LogP contribution in [0.5, 0.6) is 0 Å². The fourth-order valence-corrected chi connectivity index (χ4v) is 2.25. The molecule has 2 heterocycles. The van der Waals surface area contributed by atoms with Crippen LogP contribution in [-0.2, 0) is 22.5 Å². The molecule has 2 aromatic heterocycles. The second kappa shape index (κ2) is 6.33. The second-order valence-electron chi connectivity index (χ2n) is 4.00. The zero-order valence-corrected chi connectivity index (χ0v) is 11.6. The lowest BCUT2D eigenvalue weighted by molar-refractivity contribution is -0.140. The summed E-state index contributed by atoms with van der Waals surface area (Å²) in [5, 5.41) is 9.79. The van der Waals surface area contributed by atoms with Gasteiger partial charge in [0, 0.05) is 17.9 Å². The number of esters is 1. The number of carbonyl (C=O) groups excluding carboxylic acids is 1. The number of aryl methyl sites for hydroxylation is 2. The van der Waals surface area contributed by atoms with E-state index in [2.05, 4.69) is 20.2 Å². The molecule has 19 heavy (non-hydrogen) atoms. The van der Waals surface area contributed by atoms with E-state index in [1.165, 1.54) is 18.4 Å². The minimum absolute atomic E-state index is 0.222. The first-order valence-corrected chi connectivity index (χ1v) is 6.72. The molecule has 0 aliphatic carbocycles. The van der Waals surface area contributed by atoms with Crippen molar-refractivity contribution in [2.45, 2.75) is 26.3 Å². The van der Waals surface area contributed by atoms with Crippen LogP contribution in [-0.4, -0.2) is 23.2 Å². The molecule has 0 aliphatic rings. The summed E-state index contributed by atoms with van der Waals surface area (Å²) >= 11 is 1.50. The molecule has 0 aromatic carbocycles. The zero-order chi connectivity index (χ0) is 13.7. The number of rotatable bonds is 6. The van der Waals surface area contributed by atoms with Crippen molar-refractivity contribution in [3.8, 4) is 0 Å². The highest BCUT2D eigenvalue weighted by atomic mass is 32.1. The fourth-order valence-electron chi connectivity index (χ4n) is 1.50. The van der Waals surface area contributed by atoms with Gasteiger partial charge in [0.15, 0.2) is 5.13 Å². The minimum Gasteiger partial charge on any atom is -0.469 e. The highest BCUT2D eigenvalue weighted by Gasteiger charge is 2.06. The number of nitrogens with one attached hydrogen (secondary N) is 1. The van der Waals surface area contributed by atoms with Crippen molar-refractivity contribution in [3.05, 3.63) is 28.6 Å². The van der Waals surface area contributed by atoms with Crippen LogP contribution in [0.15, 0.2) is 16.0 Å². The summed E-state index contributed by atoms with van der Waals surface area (Å²) in [5.41, 5.74) is 1.72. The van der Waals surface area contributed by atoms with Gasteiger partial charge in [0.2, 0.25) is 0 Å². The summed E-state index contributed by atoms with van der Waals surface area (Å²) in [4.78, 5) is 15.4. The van der Waals surface area contributed by atoms with Gasteiger partial charge in [-0.3, -0.25) is 4.79 Å². The van der Waals surface area contributed by atoms with Crippen molar-refractivity contribution in [2.75, 3.05) is 12.4 Å². The molecule has 0 aliphatic heterocycles. The summed E-state index contributed by atoms with van der Waals surface area (Å²) in [6.45, 7) is 2.42. The lowest BCUT2D eigenvalue weighted by Crippen LogP contribution is -2.02. The molecule has 7 heteroatoms. The number of nitrogens with zero attached hydrogens (tertiary/aromatic N) is 2. The van der Waals surface area contributed by atoms with E-state index in [0.29, 0.717) is 19.4 Å². The molecule has 0 saturated carbocycles. The third-order valence-electron chi connectivity index (χ3n) is 2.46. The maximum absolute atomic E-state index is 11.0. The van der Waals surface area contributed by atoms with Crippen LogP contribution in [0.2, 0.25) is 0 Å². The van der Waals surface area contributed by atoms with Crippen molar-refractivity contribution < 1.29 is 14.1 Å². The first kappa shape index (κ1) is 13.5. The highest BCUT2D eigenvalue weighted by Crippen LogP contribution is 2.17. The summed E-state index contributed by atoms with van der Waals surface area (Å²) in [6, 6.07) is 1.87. The van der Waals surface area contributed by atoms with E-state index >= 15 is 0 Å². The molecule has 2 rings (SSSR count). The number of hydrogen-bond acceptors (Lipinski definition) is 7. The highest BCUT2D eigenvalue weighted by molar-refractivity contribution is 7.13. The molecule has 0 saturated heterocycles. The van der Waals surface area contributed by atoms with Crippen LogP contribution >= 0.6 is 11.3 Å². The lowest BCUT2D eigenvalue weighted by atomic mass is 10.2. The SMILES string of the molecule is COC(=O)CCc1csc(NCc2cc(C)on2)n1. The molecule has 102 valence electrons. The molecule has 1 N–H and O–H groups in total. The van der Waals surface area contributed by atoms with Gasteiger partial charge in [-0.05, 0) is 6.92 Å². The standard InChI is InChI=1S/C12H15N3O3S/c1-8-5-10(15-18-8)6-13-12-14-9(7-19-12)3-4-11(16)17-2/h5,7H,3-4,6H2,1-2H3,(H,13,14). The predicted octanol–water partition coefficient (Wildman–Crippen LogP) is 2.16. The van der Waals surface area contributed by atoms with E-state index in [1.54, 1.807) is 0 Å². The lowest BCUT2D eigenvalue weighted by Gasteiger charge is -1.98. The molecule has 0 unspecified atom stereocenters. The van der Waals surface area contributed by atoms with Crippen LogP contribution < -0.4 is 5.32 Å². The van der Waals surface area contributed by atoms with Gasteiger partial charge >= 0.3 is 5.97 Å². The maximum Gasteiger partial charge on any atom is 0.305 e. The second-order valence-corrected chi connectivity index (χ2v) is 4.86. The van der Waals surface area contributed by atoms with E-state index in [0.717, 1.165) is 22.3 Å². The molecular weight excluding hydrogens is 266 g/mol. The van der Waals surface area contributed by atoms with Gasteiger partial charge in [-0.25, -0.2) is 4.98 Å². The maximum atomic E-state index is 11.0. The Hall–Kier alpha value is -1.89. The van der Waals surface area contributed by atoms with Crippen molar-refractivity contribution >= 4 is 22.4 Å². The van der Waals surface area contributed by atoms with Gasteiger partial charge in [-0.2, -0.15) is 0 Å². The van der Waals surface area contributed by atoms with Crippen molar-refractivity contribution in [2.24, 2.45) is 0 Å². The van der Waals surface area contributed by atoms with Gasteiger partial charge < -0.3 is 14.6 Å². The Morgan fingerprint density at radius 1 is 1.53 bits per heavy atom. The minimum atomic E-state index is -0.222. The van der Waals surface area contributed by atoms with Gasteiger partial charge in [-0.1, -0.05) is 5.16 Å². The predicted molar refractivity (Wildman–Crippen MR) is 71.0 cm³/mol. The van der Waals surface area contributed by atoms with Crippen LogP contribution in [0.25, 0.3) is 0 Å². The molecular formula is C12H15N3O3S. The summed E-state index contributed by atoms with van der Waals surface area (Å²) < 4.78 is 9.57. The van der Waals surface area contributed by atoms with E-state index in [4.69, 9.17) is 4.52 Å². The molecule has 0 spiro atoms. The smallest absolute Gasteiger partial charge is 0.305 e. The summed E-state index contributed by atoms with van der Waals surface area (Å²) in [7, 11) is 1.39. The topological polar surface area (TPSA) is 77.2 Å². The van der Waals surface area contributed by atoms with Gasteiger partial charge in [0.05, 0.1) is 25.8 Å². The molecule has 0 atom stereocenters. The summed E-state index contributed by atoms with van der Waals surface area (Å²) in [5.74, 6) is 0.565. The normalized spacial score (nSPS) is 10.4. The molecule has 2 aromatic rings. The first-order valence-electron chi connectivity index (χ1n) is 5.84. The third-order valence-corrected chi connectivity index (χ3v) is 3.31. The Morgan fingerprint density at radius 3 is 3.05 bits per heavy atom. The first-order chi connectivity index (χ1) is 9.17. The van der Waals surface area contributed by atoms with E-state index < -0.39 is 0 Å². The van der Waals surface area contributed by atoms with Gasteiger partial charge in [0.25, 0.3) is 0 Å². The summed E-state index contributed by atoms with van der Waals surface area (Å²) in [6.07, 6.45) is 0.941. The Bertz CT molecular complexity index is 550. The Labute approximate surface area is 114 Å². The fraction of sp³-hybridized carbons (Fsp3) is 0.417. The number of ether oxygens (including phenoxy) is 1. The van der Waals surface area contributed by atoms with Crippen molar-refractivity contribution in [1.29, 1.82) is 0 Å². The quantitative estimate of drug-likeness (QED) is 0.818. The molecule has 6 nitrogen and oxygen atoms in total. The number of thiazole rings is 1. The Balaban J connectivity index is 1.82. The van der Waals surface area contributed by atoms with Crippen LogP contribution in [0.3, 0.4) is 0 Å². The molecule has 0 fully saturated rings. The number of anilines is 1. The average Bonchev–Trinajstić information content (AvgIpc) is 3.02. The monoisotopic (exact) mass is 281 g/mol. The number of aromatic nitrogens is 2. The van der Waals surface area contributed by atoms with E-state index in [-0.39, 0.29) is 5.97 Å². The van der Waals surface area contributed by atoms with E-state index in [9.17, 15) is 4.79 Å². The molecule has 0 bridgehead atoms. The van der Waals surface area contributed by atoms with Crippen LogP contribution in [0, 0.1) is 6.92 Å². The Kier molecular flexibility index (Phi) is 4.51. The van der Waals surface area contributed by atoms with Crippen molar-refractivity contribution in [1.82, 2.24) is 10.1 Å². The van der Waals surface area contributed by atoms with Gasteiger partial charge in [-0.15, -0.1) is 11.3 Å². The molecule has 0 radical (unpaired) electrons. The Morgan fingerprint density at radius 2 is 2.37 bits per heavy atom. The average molecular weight is 281 g/mol. The zero-order valence-electron chi connectivity index (χ0n) is 10.8. The van der Waals surface area contributed by atoms with Crippen LogP contribution in [0.4, 0.5) is 5.13 Å². The molecule has 0 amide bonds.